The van der Waals surface area contributed by atoms with E-state index >= 15 is 0 Å². The number of rotatable bonds is 6. The molecule has 0 fully saturated rings. The van der Waals surface area contributed by atoms with Crippen molar-refractivity contribution in [1.29, 1.82) is 0 Å². The Bertz CT molecular complexity index is 320. The topological polar surface area (TPSA) is 32.3 Å². The molecule has 0 radical (unpaired) electrons. The van der Waals surface area contributed by atoms with Gasteiger partial charge in [0.1, 0.15) is 0 Å². The van der Waals surface area contributed by atoms with Crippen LogP contribution in [0, 0.1) is 0 Å². The van der Waals surface area contributed by atoms with Gasteiger partial charge in [0.05, 0.1) is 6.04 Å². The molecule has 0 aliphatic heterocycles. The number of thiophene rings is 1. The fourth-order valence-corrected chi connectivity index (χ4v) is 2.63. The van der Waals surface area contributed by atoms with E-state index in [1.807, 2.05) is 24.8 Å². The van der Waals surface area contributed by atoms with Gasteiger partial charge < -0.3 is 10.2 Å². The Hall–Kier alpha value is -1.03. The molecule has 1 atom stereocenters. The minimum Gasteiger partial charge on any atom is -0.330 e. The van der Waals surface area contributed by atoms with Crippen LogP contribution in [0.1, 0.15) is 44.5 Å². The third kappa shape index (κ3) is 4.04. The fourth-order valence-electron chi connectivity index (χ4n) is 1.81. The SMILES string of the molecule is CCCC(NC(=O)N(CC)CC)c1cccs1. The monoisotopic (exact) mass is 254 g/mol. The van der Waals surface area contributed by atoms with Gasteiger partial charge in [-0.2, -0.15) is 0 Å². The van der Waals surface area contributed by atoms with E-state index in [9.17, 15) is 4.79 Å². The van der Waals surface area contributed by atoms with Crippen LogP contribution in [0.15, 0.2) is 17.5 Å². The number of carbonyl (C=O) groups excluding carboxylic acids is 1. The smallest absolute Gasteiger partial charge is 0.317 e. The van der Waals surface area contributed by atoms with E-state index in [-0.39, 0.29) is 12.1 Å². The molecule has 1 aromatic heterocycles. The maximum atomic E-state index is 12.0. The molecule has 17 heavy (non-hydrogen) atoms. The van der Waals surface area contributed by atoms with Crippen LogP contribution in [-0.4, -0.2) is 24.0 Å². The van der Waals surface area contributed by atoms with Crippen molar-refractivity contribution in [3.8, 4) is 0 Å². The number of nitrogens with one attached hydrogen (secondary N) is 1. The van der Waals surface area contributed by atoms with Gasteiger partial charge >= 0.3 is 6.03 Å². The Labute approximate surface area is 108 Å². The second-order valence-electron chi connectivity index (χ2n) is 3.98. The molecule has 96 valence electrons. The predicted molar refractivity (Wildman–Crippen MR) is 73.4 cm³/mol. The quantitative estimate of drug-likeness (QED) is 0.826. The van der Waals surface area contributed by atoms with Crippen molar-refractivity contribution in [1.82, 2.24) is 10.2 Å². The van der Waals surface area contributed by atoms with E-state index in [4.69, 9.17) is 0 Å². The van der Waals surface area contributed by atoms with Gasteiger partial charge in [0.2, 0.25) is 0 Å². The first-order valence-electron chi connectivity index (χ1n) is 6.31. The summed E-state index contributed by atoms with van der Waals surface area (Å²) in [4.78, 5) is 15.1. The maximum absolute atomic E-state index is 12.0. The van der Waals surface area contributed by atoms with Crippen LogP contribution in [0.5, 0.6) is 0 Å². The number of urea groups is 1. The van der Waals surface area contributed by atoms with Crippen molar-refractivity contribution in [3.05, 3.63) is 22.4 Å². The molecule has 1 heterocycles. The van der Waals surface area contributed by atoms with Crippen LogP contribution in [-0.2, 0) is 0 Å². The van der Waals surface area contributed by atoms with Crippen LogP contribution in [0.4, 0.5) is 4.79 Å². The summed E-state index contributed by atoms with van der Waals surface area (Å²) in [5.74, 6) is 0. The molecule has 4 heteroatoms. The van der Waals surface area contributed by atoms with Crippen LogP contribution >= 0.6 is 11.3 Å². The van der Waals surface area contributed by atoms with Gasteiger partial charge in [0, 0.05) is 18.0 Å². The molecule has 2 amide bonds. The first-order chi connectivity index (χ1) is 8.22. The molecule has 1 rings (SSSR count). The second-order valence-corrected chi connectivity index (χ2v) is 4.96. The number of nitrogens with zero attached hydrogens (tertiary/aromatic N) is 1. The number of amides is 2. The summed E-state index contributed by atoms with van der Waals surface area (Å²) >= 11 is 1.71. The maximum Gasteiger partial charge on any atom is 0.317 e. The van der Waals surface area contributed by atoms with E-state index in [2.05, 4.69) is 23.7 Å². The number of hydrogen-bond donors (Lipinski definition) is 1. The van der Waals surface area contributed by atoms with Crippen molar-refractivity contribution < 1.29 is 4.79 Å². The van der Waals surface area contributed by atoms with Gasteiger partial charge in [-0.15, -0.1) is 11.3 Å². The molecule has 1 N–H and O–H groups in total. The van der Waals surface area contributed by atoms with Crippen LogP contribution in [0.3, 0.4) is 0 Å². The number of carbonyl (C=O) groups is 1. The Balaban J connectivity index is 2.64. The molecule has 1 aromatic rings. The third-order valence-electron chi connectivity index (χ3n) is 2.81. The Morgan fingerprint density at radius 1 is 1.41 bits per heavy atom. The van der Waals surface area contributed by atoms with Gasteiger partial charge in [-0.1, -0.05) is 19.4 Å². The summed E-state index contributed by atoms with van der Waals surface area (Å²) in [6.07, 6.45) is 2.06. The highest BCUT2D eigenvalue weighted by Gasteiger charge is 2.17. The lowest BCUT2D eigenvalue weighted by Gasteiger charge is -2.23. The van der Waals surface area contributed by atoms with Crippen molar-refractivity contribution in [2.45, 2.75) is 39.7 Å². The van der Waals surface area contributed by atoms with Crippen LogP contribution in [0.25, 0.3) is 0 Å². The standard InChI is InChI=1S/C13H22N2OS/c1-4-8-11(12-9-7-10-17-12)14-13(16)15(5-2)6-3/h7,9-11H,4-6,8H2,1-3H3,(H,14,16). The third-order valence-corrected chi connectivity index (χ3v) is 3.80. The Morgan fingerprint density at radius 3 is 2.59 bits per heavy atom. The Kier molecular flexibility index (Phi) is 6.05. The first kappa shape index (κ1) is 14.0. The van der Waals surface area contributed by atoms with Crippen LogP contribution < -0.4 is 5.32 Å². The van der Waals surface area contributed by atoms with Gasteiger partial charge in [0.15, 0.2) is 0 Å². The normalized spacial score (nSPS) is 12.2. The van der Waals surface area contributed by atoms with Gasteiger partial charge in [-0.3, -0.25) is 0 Å². The zero-order valence-electron chi connectivity index (χ0n) is 10.9. The summed E-state index contributed by atoms with van der Waals surface area (Å²) in [6.45, 7) is 7.66. The lowest BCUT2D eigenvalue weighted by molar-refractivity contribution is 0.198. The van der Waals surface area contributed by atoms with Gasteiger partial charge in [0.25, 0.3) is 0 Å². The van der Waals surface area contributed by atoms with Crippen molar-refractivity contribution in [2.24, 2.45) is 0 Å². The van der Waals surface area contributed by atoms with Crippen molar-refractivity contribution in [2.75, 3.05) is 13.1 Å². The van der Waals surface area contributed by atoms with E-state index < -0.39 is 0 Å². The molecule has 3 nitrogen and oxygen atoms in total. The fraction of sp³-hybridized carbons (Fsp3) is 0.615. The highest BCUT2D eigenvalue weighted by atomic mass is 32.1. The highest BCUT2D eigenvalue weighted by molar-refractivity contribution is 7.10. The lowest BCUT2D eigenvalue weighted by Crippen LogP contribution is -2.41. The van der Waals surface area contributed by atoms with Crippen molar-refractivity contribution in [3.63, 3.8) is 0 Å². The van der Waals surface area contributed by atoms with E-state index in [0.29, 0.717) is 0 Å². The van der Waals surface area contributed by atoms with Crippen LogP contribution in [0.2, 0.25) is 0 Å². The molecule has 0 bridgehead atoms. The predicted octanol–water partition coefficient (Wildman–Crippen LogP) is 3.64. The molecule has 1 unspecified atom stereocenters. The lowest BCUT2D eigenvalue weighted by atomic mass is 10.1. The van der Waals surface area contributed by atoms with E-state index in [0.717, 1.165) is 25.9 Å². The summed E-state index contributed by atoms with van der Waals surface area (Å²) in [5, 5.41) is 5.18. The molecule has 0 spiro atoms. The summed E-state index contributed by atoms with van der Waals surface area (Å²) in [6, 6.07) is 4.33. The molecule has 0 aliphatic rings. The number of hydrogen-bond acceptors (Lipinski definition) is 2. The molecule has 0 saturated carbocycles. The minimum atomic E-state index is 0.0434. The molecule has 0 aliphatic carbocycles. The minimum absolute atomic E-state index is 0.0434. The van der Waals surface area contributed by atoms with Gasteiger partial charge in [-0.05, 0) is 31.7 Å². The average molecular weight is 254 g/mol. The summed E-state index contributed by atoms with van der Waals surface area (Å²) in [7, 11) is 0. The summed E-state index contributed by atoms with van der Waals surface area (Å²) in [5.41, 5.74) is 0. The van der Waals surface area contributed by atoms with E-state index in [1.54, 1.807) is 11.3 Å². The molecule has 0 aromatic carbocycles. The van der Waals surface area contributed by atoms with E-state index in [1.165, 1.54) is 4.88 Å². The summed E-state index contributed by atoms with van der Waals surface area (Å²) < 4.78 is 0. The molecular weight excluding hydrogens is 232 g/mol. The zero-order valence-corrected chi connectivity index (χ0v) is 11.7. The molecular formula is C13H22N2OS. The first-order valence-corrected chi connectivity index (χ1v) is 7.19. The highest BCUT2D eigenvalue weighted by Crippen LogP contribution is 2.23. The Morgan fingerprint density at radius 2 is 2.12 bits per heavy atom. The van der Waals surface area contributed by atoms with Crippen molar-refractivity contribution >= 4 is 17.4 Å². The largest absolute Gasteiger partial charge is 0.330 e. The zero-order chi connectivity index (χ0) is 12.7. The molecule has 0 saturated heterocycles. The average Bonchev–Trinajstić information content (AvgIpc) is 2.83. The van der Waals surface area contributed by atoms with Gasteiger partial charge in [-0.25, -0.2) is 4.79 Å². The second kappa shape index (κ2) is 7.33.